The van der Waals surface area contributed by atoms with Crippen LogP contribution < -0.4 is 5.73 Å². The zero-order valence-corrected chi connectivity index (χ0v) is 17.4. The third-order valence-corrected chi connectivity index (χ3v) is 5.78. The molecule has 2 N–H and O–H groups in total. The van der Waals surface area contributed by atoms with Crippen molar-refractivity contribution in [1.82, 2.24) is 19.0 Å². The SMILES string of the molecule is CCCc1nc2c(N)nc3ccccc3c2n1CCCCN(OC)S(C)(=O)=O. The van der Waals surface area contributed by atoms with Gasteiger partial charge in [0.15, 0.2) is 5.82 Å². The van der Waals surface area contributed by atoms with Gasteiger partial charge in [0.25, 0.3) is 0 Å². The largest absolute Gasteiger partial charge is 0.382 e. The van der Waals surface area contributed by atoms with Crippen LogP contribution in [-0.4, -0.2) is 47.3 Å². The van der Waals surface area contributed by atoms with Crippen LogP contribution in [0, 0.1) is 0 Å². The van der Waals surface area contributed by atoms with Crippen LogP contribution in [0.2, 0.25) is 0 Å². The highest BCUT2D eigenvalue weighted by molar-refractivity contribution is 7.88. The molecule has 1 aromatic carbocycles. The van der Waals surface area contributed by atoms with Crippen LogP contribution in [0.4, 0.5) is 5.82 Å². The van der Waals surface area contributed by atoms with Gasteiger partial charge in [0.05, 0.1) is 24.4 Å². The number of nitrogens with two attached hydrogens (primary N) is 1. The van der Waals surface area contributed by atoms with E-state index >= 15 is 0 Å². The van der Waals surface area contributed by atoms with Crippen LogP contribution in [0.1, 0.15) is 32.0 Å². The first-order valence-electron chi connectivity index (χ1n) is 9.42. The first kappa shape index (κ1) is 20.5. The summed E-state index contributed by atoms with van der Waals surface area (Å²) in [6.45, 7) is 3.15. The lowest BCUT2D eigenvalue weighted by Crippen LogP contribution is -2.30. The van der Waals surface area contributed by atoms with Gasteiger partial charge < -0.3 is 10.3 Å². The van der Waals surface area contributed by atoms with Gasteiger partial charge >= 0.3 is 0 Å². The summed E-state index contributed by atoms with van der Waals surface area (Å²) < 4.78 is 26.5. The van der Waals surface area contributed by atoms with E-state index in [-0.39, 0.29) is 0 Å². The van der Waals surface area contributed by atoms with Gasteiger partial charge in [-0.25, -0.2) is 18.4 Å². The number of hydroxylamine groups is 1. The molecule has 3 rings (SSSR count). The Morgan fingerprint density at radius 3 is 2.64 bits per heavy atom. The summed E-state index contributed by atoms with van der Waals surface area (Å²) in [5, 5.41) is 1.02. The number of fused-ring (bicyclic) bond motifs is 3. The monoisotopic (exact) mass is 405 g/mol. The second-order valence-electron chi connectivity index (χ2n) is 6.82. The van der Waals surface area contributed by atoms with Crippen molar-refractivity contribution in [3.05, 3.63) is 30.1 Å². The fraction of sp³-hybridized carbons (Fsp3) is 0.474. The van der Waals surface area contributed by atoms with Crippen molar-refractivity contribution in [2.45, 2.75) is 39.2 Å². The maximum absolute atomic E-state index is 11.6. The fourth-order valence-corrected chi connectivity index (χ4v) is 4.20. The minimum absolute atomic E-state index is 0.315. The second kappa shape index (κ2) is 8.42. The van der Waals surface area contributed by atoms with Crippen molar-refractivity contribution >= 4 is 37.8 Å². The molecule has 0 radical (unpaired) electrons. The van der Waals surface area contributed by atoms with Crippen molar-refractivity contribution in [2.75, 3.05) is 25.6 Å². The predicted octanol–water partition coefficient (Wildman–Crippen LogP) is 2.72. The summed E-state index contributed by atoms with van der Waals surface area (Å²) in [5.74, 6) is 1.42. The van der Waals surface area contributed by atoms with E-state index in [1.54, 1.807) is 0 Å². The van der Waals surface area contributed by atoms with E-state index in [2.05, 4.69) is 16.5 Å². The van der Waals surface area contributed by atoms with Gasteiger partial charge in [-0.15, -0.1) is 0 Å². The standard InChI is InChI=1S/C19H27N5O3S/c1-4-9-16-22-17-18(14-10-5-6-11-15(14)21-19(17)20)23(16)12-7-8-13-24(27-2)28(3,25)26/h5-6,10-11H,4,7-9,12-13H2,1-3H3,(H2,20,21). The summed E-state index contributed by atoms with van der Waals surface area (Å²) in [7, 11) is -2.00. The molecule has 0 aliphatic heterocycles. The molecule has 0 unspecified atom stereocenters. The van der Waals surface area contributed by atoms with E-state index in [0.29, 0.717) is 18.8 Å². The summed E-state index contributed by atoms with van der Waals surface area (Å²) in [6, 6.07) is 7.91. The molecular formula is C19H27N5O3S. The molecule has 0 spiro atoms. The number of nitrogens with zero attached hydrogens (tertiary/aromatic N) is 4. The number of nitrogen functional groups attached to an aromatic ring is 1. The van der Waals surface area contributed by atoms with Crippen molar-refractivity contribution in [3.63, 3.8) is 0 Å². The molecule has 0 atom stereocenters. The molecular weight excluding hydrogens is 378 g/mol. The van der Waals surface area contributed by atoms with E-state index in [1.165, 1.54) is 7.11 Å². The number of para-hydroxylation sites is 1. The molecule has 2 aromatic heterocycles. The second-order valence-corrected chi connectivity index (χ2v) is 8.69. The highest BCUT2D eigenvalue weighted by Crippen LogP contribution is 2.29. The van der Waals surface area contributed by atoms with Crippen molar-refractivity contribution < 1.29 is 13.3 Å². The molecule has 28 heavy (non-hydrogen) atoms. The molecule has 0 saturated heterocycles. The quantitative estimate of drug-likeness (QED) is 0.434. The Labute approximate surface area is 165 Å². The summed E-state index contributed by atoms with van der Waals surface area (Å²) in [6.07, 6.45) is 4.41. The molecule has 0 aliphatic rings. The lowest BCUT2D eigenvalue weighted by atomic mass is 10.2. The maximum Gasteiger partial charge on any atom is 0.233 e. The number of rotatable bonds is 9. The Morgan fingerprint density at radius 1 is 1.21 bits per heavy atom. The van der Waals surface area contributed by atoms with Crippen LogP contribution in [0.15, 0.2) is 24.3 Å². The highest BCUT2D eigenvalue weighted by atomic mass is 32.2. The van der Waals surface area contributed by atoms with Crippen LogP contribution in [0.25, 0.3) is 21.9 Å². The molecule has 0 saturated carbocycles. The Morgan fingerprint density at radius 2 is 1.96 bits per heavy atom. The number of unbranched alkanes of at least 4 members (excludes halogenated alkanes) is 1. The molecule has 0 fully saturated rings. The van der Waals surface area contributed by atoms with Gasteiger partial charge in [0.2, 0.25) is 10.0 Å². The summed E-state index contributed by atoms with van der Waals surface area (Å²) >= 11 is 0. The van der Waals surface area contributed by atoms with Gasteiger partial charge in [-0.2, -0.15) is 0 Å². The molecule has 2 heterocycles. The molecule has 0 aliphatic carbocycles. The van der Waals surface area contributed by atoms with E-state index in [9.17, 15) is 8.42 Å². The van der Waals surface area contributed by atoms with Crippen LogP contribution in [-0.2, 0) is 27.8 Å². The molecule has 9 heteroatoms. The zero-order chi connectivity index (χ0) is 20.3. The normalized spacial score (nSPS) is 12.4. The smallest absolute Gasteiger partial charge is 0.233 e. The van der Waals surface area contributed by atoms with E-state index in [0.717, 1.165) is 64.3 Å². The predicted molar refractivity (Wildman–Crippen MR) is 111 cm³/mol. The van der Waals surface area contributed by atoms with Gasteiger partial charge in [-0.3, -0.25) is 4.84 Å². The lowest BCUT2D eigenvalue weighted by molar-refractivity contribution is -0.0487. The Kier molecular flexibility index (Phi) is 6.17. The number of pyridine rings is 1. The van der Waals surface area contributed by atoms with E-state index in [4.69, 9.17) is 15.6 Å². The van der Waals surface area contributed by atoms with Gasteiger partial charge in [-0.1, -0.05) is 29.6 Å². The van der Waals surface area contributed by atoms with Gasteiger partial charge in [0.1, 0.15) is 11.3 Å². The van der Waals surface area contributed by atoms with Crippen molar-refractivity contribution in [1.29, 1.82) is 0 Å². The minimum Gasteiger partial charge on any atom is -0.382 e. The number of aryl methyl sites for hydroxylation is 2. The number of aromatic nitrogens is 3. The van der Waals surface area contributed by atoms with E-state index in [1.807, 2.05) is 24.3 Å². The number of hydrogen-bond acceptors (Lipinski definition) is 6. The van der Waals surface area contributed by atoms with Crippen LogP contribution in [0.3, 0.4) is 0 Å². The van der Waals surface area contributed by atoms with Gasteiger partial charge in [0, 0.05) is 24.9 Å². The molecule has 3 aromatic rings. The first-order chi connectivity index (χ1) is 13.4. The lowest BCUT2D eigenvalue weighted by Gasteiger charge is -2.17. The average molecular weight is 406 g/mol. The number of benzene rings is 1. The van der Waals surface area contributed by atoms with Crippen LogP contribution >= 0.6 is 0 Å². The maximum atomic E-state index is 11.6. The molecule has 8 nitrogen and oxygen atoms in total. The number of hydrogen-bond donors (Lipinski definition) is 1. The van der Waals surface area contributed by atoms with Crippen molar-refractivity contribution in [2.24, 2.45) is 0 Å². The highest BCUT2D eigenvalue weighted by Gasteiger charge is 2.18. The molecule has 152 valence electrons. The molecule has 0 bridgehead atoms. The fourth-order valence-electron chi connectivity index (χ4n) is 3.46. The third-order valence-electron chi connectivity index (χ3n) is 4.71. The average Bonchev–Trinajstić information content (AvgIpc) is 3.00. The zero-order valence-electron chi connectivity index (χ0n) is 16.6. The number of imidazole rings is 1. The Bertz CT molecular complexity index is 1080. The van der Waals surface area contributed by atoms with E-state index < -0.39 is 10.0 Å². The van der Waals surface area contributed by atoms with Gasteiger partial charge in [-0.05, 0) is 25.3 Å². The number of anilines is 1. The topological polar surface area (TPSA) is 103 Å². The third kappa shape index (κ3) is 4.11. The summed E-state index contributed by atoms with van der Waals surface area (Å²) in [5.41, 5.74) is 8.76. The Balaban J connectivity index is 1.92. The Hall–Kier alpha value is -2.23. The van der Waals surface area contributed by atoms with Crippen LogP contribution in [0.5, 0.6) is 0 Å². The van der Waals surface area contributed by atoms with Crippen molar-refractivity contribution in [3.8, 4) is 0 Å². The summed E-state index contributed by atoms with van der Waals surface area (Å²) in [4.78, 5) is 14.2. The first-order valence-corrected chi connectivity index (χ1v) is 11.3. The number of sulfonamides is 1. The molecule has 0 amide bonds. The minimum atomic E-state index is -3.37.